The predicted octanol–water partition coefficient (Wildman–Crippen LogP) is 4.35. The van der Waals surface area contributed by atoms with Crippen molar-refractivity contribution in [3.63, 3.8) is 0 Å². The zero-order valence-electron chi connectivity index (χ0n) is 12.5. The number of nitrogens with zero attached hydrogens (tertiary/aromatic N) is 1. The second kappa shape index (κ2) is 5.60. The standard InChI is InChI=1S/C18H23NOS/c20-21-18-13-7-5-11-16(18)15-10-4-6-12-17(15)19(21)14-8-2-1-3-9-14/h1-3,8-9,17-18H,4-7,10-13H2/t17-,18+,21?/m1/s1. The minimum absolute atomic E-state index is 0.295. The van der Waals surface area contributed by atoms with Gasteiger partial charge in [-0.15, -0.1) is 0 Å². The van der Waals surface area contributed by atoms with E-state index in [9.17, 15) is 4.21 Å². The average molecular weight is 301 g/mol. The summed E-state index contributed by atoms with van der Waals surface area (Å²) in [6.45, 7) is 0. The minimum atomic E-state index is -0.888. The van der Waals surface area contributed by atoms with Crippen molar-refractivity contribution in [2.45, 2.75) is 62.7 Å². The van der Waals surface area contributed by atoms with Gasteiger partial charge in [-0.3, -0.25) is 4.31 Å². The molecule has 0 saturated heterocycles. The Labute approximate surface area is 129 Å². The van der Waals surface area contributed by atoms with Crippen molar-refractivity contribution in [1.82, 2.24) is 0 Å². The van der Waals surface area contributed by atoms with Crippen LogP contribution in [0.15, 0.2) is 41.5 Å². The van der Waals surface area contributed by atoms with E-state index in [0.29, 0.717) is 11.3 Å². The van der Waals surface area contributed by atoms with E-state index in [1.165, 1.54) is 44.9 Å². The van der Waals surface area contributed by atoms with Crippen LogP contribution >= 0.6 is 0 Å². The molecule has 0 amide bonds. The highest BCUT2D eigenvalue weighted by molar-refractivity contribution is 7.87. The van der Waals surface area contributed by atoms with Crippen LogP contribution in [0.2, 0.25) is 0 Å². The Morgan fingerprint density at radius 3 is 2.43 bits per heavy atom. The van der Waals surface area contributed by atoms with Crippen molar-refractivity contribution in [2.75, 3.05) is 4.31 Å². The maximum atomic E-state index is 13.2. The zero-order valence-corrected chi connectivity index (χ0v) is 13.3. The number of para-hydroxylation sites is 1. The summed E-state index contributed by atoms with van der Waals surface area (Å²) in [7, 11) is -0.888. The van der Waals surface area contributed by atoms with Crippen LogP contribution in [0.4, 0.5) is 5.69 Å². The monoisotopic (exact) mass is 301 g/mol. The van der Waals surface area contributed by atoms with Crippen molar-refractivity contribution in [3.05, 3.63) is 41.5 Å². The SMILES string of the molecule is O=S1[C@H]2CCCCC2=C2CCCC[C@H]2N1c1ccccc1. The van der Waals surface area contributed by atoms with Crippen LogP contribution in [-0.2, 0) is 11.0 Å². The Morgan fingerprint density at radius 1 is 0.905 bits per heavy atom. The molecule has 1 unspecified atom stereocenters. The largest absolute Gasteiger partial charge is 0.284 e. The van der Waals surface area contributed by atoms with Crippen LogP contribution in [0.3, 0.4) is 0 Å². The molecule has 2 saturated carbocycles. The van der Waals surface area contributed by atoms with E-state index in [2.05, 4.69) is 28.6 Å². The van der Waals surface area contributed by atoms with E-state index in [4.69, 9.17) is 0 Å². The number of rotatable bonds is 1. The molecule has 112 valence electrons. The topological polar surface area (TPSA) is 20.3 Å². The number of fused-ring (bicyclic) bond motifs is 2. The van der Waals surface area contributed by atoms with Gasteiger partial charge in [0, 0.05) is 5.69 Å². The van der Waals surface area contributed by atoms with Crippen molar-refractivity contribution < 1.29 is 4.21 Å². The first-order valence-corrected chi connectivity index (χ1v) is 9.50. The first-order chi connectivity index (χ1) is 10.4. The quantitative estimate of drug-likeness (QED) is 0.706. The number of hydrogen-bond donors (Lipinski definition) is 0. The molecule has 3 heteroatoms. The van der Waals surface area contributed by atoms with Gasteiger partial charge in [0.05, 0.1) is 11.3 Å². The van der Waals surface area contributed by atoms with E-state index in [0.717, 1.165) is 12.1 Å². The molecule has 1 aromatic rings. The third-order valence-corrected chi connectivity index (χ3v) is 7.13. The summed E-state index contributed by atoms with van der Waals surface area (Å²) in [6, 6.07) is 10.8. The molecule has 3 atom stereocenters. The lowest BCUT2D eigenvalue weighted by atomic mass is 9.81. The van der Waals surface area contributed by atoms with Crippen LogP contribution in [0.1, 0.15) is 51.4 Å². The number of benzene rings is 1. The van der Waals surface area contributed by atoms with Gasteiger partial charge in [0.2, 0.25) is 0 Å². The maximum Gasteiger partial charge on any atom is 0.127 e. The molecule has 21 heavy (non-hydrogen) atoms. The van der Waals surface area contributed by atoms with E-state index < -0.39 is 11.0 Å². The molecule has 4 rings (SSSR count). The van der Waals surface area contributed by atoms with Gasteiger partial charge in [-0.05, 0) is 56.2 Å². The Hall–Kier alpha value is -1.09. The second-order valence-electron chi connectivity index (χ2n) is 6.48. The van der Waals surface area contributed by atoms with E-state index in [1.54, 1.807) is 11.1 Å². The Kier molecular flexibility index (Phi) is 3.62. The molecule has 2 aliphatic carbocycles. The molecule has 1 aromatic carbocycles. The molecule has 0 radical (unpaired) electrons. The summed E-state index contributed by atoms with van der Waals surface area (Å²) in [5, 5.41) is 0.295. The number of hydrogen-bond acceptors (Lipinski definition) is 1. The Balaban J connectivity index is 1.81. The van der Waals surface area contributed by atoms with Gasteiger partial charge >= 0.3 is 0 Å². The van der Waals surface area contributed by atoms with Gasteiger partial charge < -0.3 is 0 Å². The Bertz CT molecular complexity index is 580. The molecule has 1 aliphatic heterocycles. The van der Waals surface area contributed by atoms with Crippen molar-refractivity contribution in [2.24, 2.45) is 0 Å². The Morgan fingerprint density at radius 2 is 1.62 bits per heavy atom. The molecule has 2 nitrogen and oxygen atoms in total. The van der Waals surface area contributed by atoms with Gasteiger partial charge in [0.15, 0.2) is 0 Å². The summed E-state index contributed by atoms with van der Waals surface area (Å²) in [6.07, 6.45) is 9.84. The van der Waals surface area contributed by atoms with Gasteiger partial charge in [0.25, 0.3) is 0 Å². The molecule has 0 bridgehead atoms. The smallest absolute Gasteiger partial charge is 0.127 e. The van der Waals surface area contributed by atoms with Crippen LogP contribution in [-0.4, -0.2) is 15.5 Å². The van der Waals surface area contributed by atoms with Crippen molar-refractivity contribution in [1.29, 1.82) is 0 Å². The molecule has 2 fully saturated rings. The lowest BCUT2D eigenvalue weighted by molar-refractivity contribution is 0.491. The van der Waals surface area contributed by atoms with Crippen molar-refractivity contribution in [3.8, 4) is 0 Å². The third-order valence-electron chi connectivity index (χ3n) is 5.27. The molecule has 3 aliphatic rings. The lowest BCUT2D eigenvalue weighted by Crippen LogP contribution is -2.49. The van der Waals surface area contributed by atoms with Crippen molar-refractivity contribution >= 4 is 16.7 Å². The zero-order chi connectivity index (χ0) is 14.2. The van der Waals surface area contributed by atoms with E-state index in [-0.39, 0.29) is 0 Å². The van der Waals surface area contributed by atoms with Crippen LogP contribution in [0.5, 0.6) is 0 Å². The fraction of sp³-hybridized carbons (Fsp3) is 0.556. The average Bonchev–Trinajstić information content (AvgIpc) is 2.56. The van der Waals surface area contributed by atoms with Crippen LogP contribution < -0.4 is 4.31 Å². The highest BCUT2D eigenvalue weighted by Crippen LogP contribution is 2.44. The molecular weight excluding hydrogens is 278 g/mol. The first-order valence-electron chi connectivity index (χ1n) is 8.33. The van der Waals surface area contributed by atoms with Gasteiger partial charge in [-0.25, -0.2) is 4.21 Å². The van der Waals surface area contributed by atoms with Gasteiger partial charge in [-0.2, -0.15) is 0 Å². The summed E-state index contributed by atoms with van der Waals surface area (Å²) >= 11 is 0. The van der Waals surface area contributed by atoms with Gasteiger partial charge in [0.1, 0.15) is 11.0 Å². The normalized spacial score (nSPS) is 32.6. The molecular formula is C18H23NOS. The molecule has 0 aromatic heterocycles. The van der Waals surface area contributed by atoms with E-state index >= 15 is 0 Å². The molecule has 0 spiro atoms. The molecule has 0 N–H and O–H groups in total. The van der Waals surface area contributed by atoms with E-state index in [1.807, 2.05) is 6.07 Å². The summed E-state index contributed by atoms with van der Waals surface area (Å²) < 4.78 is 15.5. The fourth-order valence-corrected chi connectivity index (χ4v) is 6.29. The maximum absolute atomic E-state index is 13.2. The molecule has 1 heterocycles. The highest BCUT2D eigenvalue weighted by Gasteiger charge is 2.42. The first kappa shape index (κ1) is 13.6. The highest BCUT2D eigenvalue weighted by atomic mass is 32.2. The van der Waals surface area contributed by atoms with Crippen LogP contribution in [0.25, 0.3) is 0 Å². The minimum Gasteiger partial charge on any atom is -0.284 e. The number of anilines is 1. The predicted molar refractivity (Wildman–Crippen MR) is 88.6 cm³/mol. The lowest BCUT2D eigenvalue weighted by Gasteiger charge is -2.46. The third kappa shape index (κ3) is 2.26. The van der Waals surface area contributed by atoms with Crippen LogP contribution in [0, 0.1) is 0 Å². The fourth-order valence-electron chi connectivity index (χ4n) is 4.32. The summed E-state index contributed by atoms with van der Waals surface area (Å²) in [4.78, 5) is 0. The summed E-state index contributed by atoms with van der Waals surface area (Å²) in [5.41, 5.74) is 4.37. The summed E-state index contributed by atoms with van der Waals surface area (Å²) in [5.74, 6) is 0. The van der Waals surface area contributed by atoms with Gasteiger partial charge in [-0.1, -0.05) is 36.6 Å². The second-order valence-corrected chi connectivity index (χ2v) is 8.00.